The van der Waals surface area contributed by atoms with Gasteiger partial charge in [0.15, 0.2) is 11.6 Å². The fourth-order valence-corrected chi connectivity index (χ4v) is 10.7. The summed E-state index contributed by atoms with van der Waals surface area (Å²) in [4.78, 5) is 0. The van der Waals surface area contributed by atoms with Gasteiger partial charge in [0.1, 0.15) is 0 Å². The van der Waals surface area contributed by atoms with E-state index in [1.54, 1.807) is 0 Å². The number of nitrogens with zero attached hydrogens (tertiary/aromatic N) is 3. The molecular weight excluding hydrogens is 687 g/mol. The number of hydrogen-bond donors (Lipinski definition) is 0. The van der Waals surface area contributed by atoms with Crippen molar-refractivity contribution in [3.63, 3.8) is 0 Å². The molecular formula is C51H31N3S. The van der Waals surface area contributed by atoms with E-state index in [1.165, 1.54) is 75.8 Å². The van der Waals surface area contributed by atoms with Crippen LogP contribution in [-0.4, -0.2) is 14.8 Å². The zero-order chi connectivity index (χ0) is 36.1. The van der Waals surface area contributed by atoms with Crippen LogP contribution in [0.1, 0.15) is 22.3 Å². The molecule has 8 aromatic carbocycles. The van der Waals surface area contributed by atoms with Crippen LogP contribution in [0.25, 0.3) is 82.0 Å². The maximum atomic E-state index is 4.93. The Balaban J connectivity index is 1.13. The molecule has 2 aliphatic carbocycles. The highest BCUT2D eigenvalue weighted by Crippen LogP contribution is 2.63. The first-order valence-corrected chi connectivity index (χ1v) is 19.6. The molecule has 0 bridgehead atoms. The Morgan fingerprint density at radius 1 is 0.382 bits per heavy atom. The van der Waals surface area contributed by atoms with Crippen molar-refractivity contribution in [1.82, 2.24) is 14.8 Å². The van der Waals surface area contributed by atoms with Crippen LogP contribution in [-0.2, 0) is 5.41 Å². The first-order valence-electron chi connectivity index (χ1n) is 18.7. The molecule has 55 heavy (non-hydrogen) atoms. The molecule has 0 atom stereocenters. The highest BCUT2D eigenvalue weighted by molar-refractivity contribution is 7.26. The monoisotopic (exact) mass is 717 g/mol. The number of rotatable bonds is 4. The number of fused-ring (bicyclic) bond motifs is 13. The van der Waals surface area contributed by atoms with Gasteiger partial charge in [0.2, 0.25) is 0 Å². The predicted octanol–water partition coefficient (Wildman–Crippen LogP) is 13.0. The van der Waals surface area contributed by atoms with Gasteiger partial charge in [-0.2, -0.15) is 0 Å². The topological polar surface area (TPSA) is 30.7 Å². The molecule has 0 saturated heterocycles. The first kappa shape index (κ1) is 30.6. The van der Waals surface area contributed by atoms with Gasteiger partial charge in [-0.15, -0.1) is 21.5 Å². The minimum Gasteiger partial charge on any atom is -0.275 e. The lowest BCUT2D eigenvalue weighted by atomic mass is 9.70. The van der Waals surface area contributed by atoms with Gasteiger partial charge in [0.25, 0.3) is 0 Å². The van der Waals surface area contributed by atoms with Crippen LogP contribution >= 0.6 is 11.3 Å². The van der Waals surface area contributed by atoms with Crippen LogP contribution in [0.15, 0.2) is 188 Å². The molecule has 2 aliphatic rings. The summed E-state index contributed by atoms with van der Waals surface area (Å²) in [7, 11) is 0. The SMILES string of the molecule is c1ccc(-c2nnc(-c3ccc4c(c3)C3(c5ccccc5-c5ccccc53)c3cc(-c5cccc6c5sc5ccccc56)ccc3-4)n2-c2ccccc2)cc1. The smallest absolute Gasteiger partial charge is 0.168 e. The van der Waals surface area contributed by atoms with E-state index in [9.17, 15) is 0 Å². The quantitative estimate of drug-likeness (QED) is 0.181. The van der Waals surface area contributed by atoms with Crippen molar-refractivity contribution in [1.29, 1.82) is 0 Å². The molecule has 0 amide bonds. The normalized spacial score (nSPS) is 13.2. The average Bonchev–Trinajstić information content (AvgIpc) is 4.01. The maximum Gasteiger partial charge on any atom is 0.168 e. The van der Waals surface area contributed by atoms with Crippen LogP contribution in [0.5, 0.6) is 0 Å². The zero-order valence-electron chi connectivity index (χ0n) is 29.6. The fraction of sp³-hybridized carbons (Fsp3) is 0.0196. The number of hydrogen-bond acceptors (Lipinski definition) is 3. The summed E-state index contributed by atoms with van der Waals surface area (Å²) >= 11 is 1.89. The summed E-state index contributed by atoms with van der Waals surface area (Å²) in [5, 5.41) is 12.4. The molecule has 2 heterocycles. The van der Waals surface area contributed by atoms with E-state index in [-0.39, 0.29) is 0 Å². The van der Waals surface area contributed by atoms with Crippen molar-refractivity contribution in [2.24, 2.45) is 0 Å². The van der Waals surface area contributed by atoms with Crippen LogP contribution in [0.4, 0.5) is 0 Å². The Morgan fingerprint density at radius 3 is 1.64 bits per heavy atom. The molecule has 0 radical (unpaired) electrons. The Morgan fingerprint density at radius 2 is 0.909 bits per heavy atom. The van der Waals surface area contributed by atoms with Crippen molar-refractivity contribution >= 4 is 31.5 Å². The third-order valence-corrected chi connectivity index (χ3v) is 13.0. The van der Waals surface area contributed by atoms with Crippen LogP contribution < -0.4 is 0 Å². The predicted molar refractivity (Wildman–Crippen MR) is 227 cm³/mol. The lowest BCUT2D eigenvalue weighted by Crippen LogP contribution is -2.26. The van der Waals surface area contributed by atoms with E-state index < -0.39 is 5.41 Å². The highest BCUT2D eigenvalue weighted by atomic mass is 32.1. The van der Waals surface area contributed by atoms with Gasteiger partial charge < -0.3 is 0 Å². The molecule has 10 aromatic rings. The van der Waals surface area contributed by atoms with Crippen LogP contribution in [0.3, 0.4) is 0 Å². The molecule has 0 saturated carbocycles. The second-order valence-electron chi connectivity index (χ2n) is 14.5. The largest absolute Gasteiger partial charge is 0.275 e. The molecule has 0 fully saturated rings. The van der Waals surface area contributed by atoms with Crippen molar-refractivity contribution in [2.45, 2.75) is 5.41 Å². The lowest BCUT2D eigenvalue weighted by molar-refractivity contribution is 0.794. The van der Waals surface area contributed by atoms with Crippen molar-refractivity contribution in [3.8, 4) is 61.8 Å². The Kier molecular flexibility index (Phi) is 6.42. The van der Waals surface area contributed by atoms with Crippen LogP contribution in [0, 0.1) is 0 Å². The minimum absolute atomic E-state index is 0.516. The van der Waals surface area contributed by atoms with E-state index in [4.69, 9.17) is 10.2 Å². The highest BCUT2D eigenvalue weighted by Gasteiger charge is 2.52. The van der Waals surface area contributed by atoms with Gasteiger partial charge in [-0.25, -0.2) is 0 Å². The average molecular weight is 718 g/mol. The Labute approximate surface area is 322 Å². The summed E-state index contributed by atoms with van der Waals surface area (Å²) in [6.45, 7) is 0. The zero-order valence-corrected chi connectivity index (χ0v) is 30.5. The lowest BCUT2D eigenvalue weighted by Gasteiger charge is -2.31. The third-order valence-electron chi connectivity index (χ3n) is 11.8. The van der Waals surface area contributed by atoms with Crippen molar-refractivity contribution < 1.29 is 0 Å². The minimum atomic E-state index is -0.516. The van der Waals surface area contributed by atoms with E-state index >= 15 is 0 Å². The van der Waals surface area contributed by atoms with E-state index in [0.717, 1.165) is 28.5 Å². The van der Waals surface area contributed by atoms with Gasteiger partial charge in [-0.05, 0) is 86.0 Å². The molecule has 0 unspecified atom stereocenters. The Hall–Kier alpha value is -6.88. The number of benzene rings is 8. The maximum absolute atomic E-state index is 4.93. The van der Waals surface area contributed by atoms with Crippen molar-refractivity contribution in [3.05, 3.63) is 210 Å². The fourth-order valence-electron chi connectivity index (χ4n) is 9.49. The van der Waals surface area contributed by atoms with Gasteiger partial charge in [-0.1, -0.05) is 158 Å². The molecule has 0 aliphatic heterocycles. The van der Waals surface area contributed by atoms with E-state index in [0.29, 0.717) is 0 Å². The summed E-state index contributed by atoms with van der Waals surface area (Å²) in [5.41, 5.74) is 15.4. The van der Waals surface area contributed by atoms with Crippen molar-refractivity contribution in [2.75, 3.05) is 0 Å². The summed E-state index contributed by atoms with van der Waals surface area (Å²) in [5.74, 6) is 1.63. The Bertz CT molecular complexity index is 3110. The first-order chi connectivity index (χ1) is 27.3. The molecule has 12 rings (SSSR count). The molecule has 3 nitrogen and oxygen atoms in total. The third kappa shape index (κ3) is 4.20. The van der Waals surface area contributed by atoms with Gasteiger partial charge in [0.05, 0.1) is 5.41 Å². The van der Waals surface area contributed by atoms with Gasteiger partial charge in [-0.3, -0.25) is 4.57 Å². The summed E-state index contributed by atoms with van der Waals surface area (Å²) in [6.07, 6.45) is 0. The molecule has 0 N–H and O–H groups in total. The number of thiophene rings is 1. The van der Waals surface area contributed by atoms with Gasteiger partial charge >= 0.3 is 0 Å². The van der Waals surface area contributed by atoms with Crippen LogP contribution in [0.2, 0.25) is 0 Å². The molecule has 2 aromatic heterocycles. The molecule has 1 spiro atoms. The van der Waals surface area contributed by atoms with E-state index in [1.807, 2.05) is 17.4 Å². The van der Waals surface area contributed by atoms with E-state index in [2.05, 4.69) is 187 Å². The molecule has 4 heteroatoms. The van der Waals surface area contributed by atoms with Gasteiger partial charge in [0, 0.05) is 37.0 Å². The second-order valence-corrected chi connectivity index (χ2v) is 15.6. The number of para-hydroxylation sites is 1. The molecule has 256 valence electrons. The number of aromatic nitrogens is 3. The summed E-state index contributed by atoms with van der Waals surface area (Å²) in [6, 6.07) is 68.6. The standard InChI is InChI=1S/C51H31N3S/c1-3-14-32(15-4-1)49-52-53-50(54(49)35-16-5-2-6-17-35)34-27-29-40-39-28-26-33(36-21-13-22-42-41-20-9-12-25-47(41)55-48(36)42)30-45(39)51(46(40)31-34)43-23-10-7-18-37(43)38-19-8-11-24-44(38)51/h1-31H. The summed E-state index contributed by atoms with van der Waals surface area (Å²) < 4.78 is 4.85. The second kappa shape index (κ2) is 11.6.